The largest absolute Gasteiger partial charge is 0.339 e. The highest BCUT2D eigenvalue weighted by Gasteiger charge is 2.14. The summed E-state index contributed by atoms with van der Waals surface area (Å²) in [6.07, 6.45) is 11.4. The molecule has 0 aliphatic heterocycles. The van der Waals surface area contributed by atoms with E-state index in [9.17, 15) is 4.79 Å². The molecule has 11 heteroatoms. The minimum absolute atomic E-state index is 0.182. The predicted molar refractivity (Wildman–Crippen MR) is 111 cm³/mol. The highest BCUT2D eigenvalue weighted by Crippen LogP contribution is 2.19. The van der Waals surface area contributed by atoms with Crippen molar-refractivity contribution in [1.29, 1.82) is 0 Å². The maximum atomic E-state index is 13.1. The highest BCUT2D eigenvalue weighted by molar-refractivity contribution is 5.51. The molecule has 5 rings (SSSR count). The number of hydrogen-bond donors (Lipinski definition) is 0. The van der Waals surface area contributed by atoms with E-state index in [1.807, 2.05) is 30.5 Å². The zero-order chi connectivity index (χ0) is 21.4. The molecule has 0 N–H and O–H groups in total. The molecule has 0 saturated carbocycles. The first kappa shape index (κ1) is 18.6. The Kier molecular flexibility index (Phi) is 4.47. The lowest BCUT2D eigenvalue weighted by Gasteiger charge is -2.10. The van der Waals surface area contributed by atoms with Gasteiger partial charge in [0.25, 0.3) is 0 Å². The molecular weight excluding hydrogens is 396 g/mol. The minimum Gasteiger partial charge on any atom is -0.310 e. The van der Waals surface area contributed by atoms with E-state index in [4.69, 9.17) is 0 Å². The van der Waals surface area contributed by atoms with Crippen molar-refractivity contribution in [2.75, 3.05) is 0 Å². The summed E-state index contributed by atoms with van der Waals surface area (Å²) in [5.41, 5.74) is 0.332. The maximum Gasteiger partial charge on any atom is 0.339 e. The molecule has 0 atom stereocenters. The summed E-state index contributed by atoms with van der Waals surface area (Å²) in [5.74, 6) is 2.17. The molecule has 0 aliphatic carbocycles. The quantitative estimate of drug-likeness (QED) is 0.431. The van der Waals surface area contributed by atoms with E-state index in [0.717, 1.165) is 0 Å². The third-order valence-corrected chi connectivity index (χ3v) is 4.77. The summed E-state index contributed by atoms with van der Waals surface area (Å²) in [7, 11) is 0. The summed E-state index contributed by atoms with van der Waals surface area (Å²) in [6.45, 7) is 4.09. The van der Waals surface area contributed by atoms with E-state index in [2.05, 4.69) is 30.1 Å². The fourth-order valence-electron chi connectivity index (χ4n) is 3.22. The average molecular weight is 414 g/mol. The van der Waals surface area contributed by atoms with Crippen molar-refractivity contribution < 1.29 is 0 Å². The Labute approximate surface area is 176 Å². The molecule has 31 heavy (non-hydrogen) atoms. The average Bonchev–Trinajstić information content (AvgIpc) is 3.54. The molecule has 0 bridgehead atoms. The van der Waals surface area contributed by atoms with Crippen molar-refractivity contribution in [1.82, 2.24) is 48.4 Å². The van der Waals surface area contributed by atoms with Crippen LogP contribution in [0, 0.1) is 0 Å². The van der Waals surface area contributed by atoms with Crippen molar-refractivity contribution in [3.8, 4) is 29.0 Å². The number of nitrogens with zero attached hydrogens (tertiary/aromatic N) is 10. The lowest BCUT2D eigenvalue weighted by molar-refractivity contribution is 0.603. The first-order valence-electron chi connectivity index (χ1n) is 9.60. The summed E-state index contributed by atoms with van der Waals surface area (Å²) in [6, 6.07) is 7.34. The van der Waals surface area contributed by atoms with Gasteiger partial charge < -0.3 is 4.57 Å². The fraction of sp³-hybridized carbons (Fsp3) is 0.150. The second-order valence-corrected chi connectivity index (χ2v) is 7.06. The van der Waals surface area contributed by atoms with Gasteiger partial charge in [0, 0.05) is 36.9 Å². The topological polar surface area (TPSA) is 114 Å². The van der Waals surface area contributed by atoms with Gasteiger partial charge in [-0.2, -0.15) is 0 Å². The van der Waals surface area contributed by atoms with Crippen LogP contribution in [0.15, 0.2) is 72.8 Å². The predicted octanol–water partition coefficient (Wildman–Crippen LogP) is 1.84. The first-order valence-corrected chi connectivity index (χ1v) is 9.60. The maximum absolute atomic E-state index is 13.1. The zero-order valence-electron chi connectivity index (χ0n) is 16.8. The third kappa shape index (κ3) is 3.31. The smallest absolute Gasteiger partial charge is 0.310 e. The Hall–Kier alpha value is -4.41. The van der Waals surface area contributed by atoms with Crippen LogP contribution in [0.4, 0.5) is 0 Å². The van der Waals surface area contributed by atoms with Crippen LogP contribution in [-0.4, -0.2) is 48.4 Å². The van der Waals surface area contributed by atoms with Crippen molar-refractivity contribution in [3.05, 3.63) is 78.5 Å². The van der Waals surface area contributed by atoms with E-state index in [-0.39, 0.29) is 11.7 Å². The molecule has 0 spiro atoms. The standard InChI is InChI=1S/C20H18N10O/c1-14(2)30-13-24-26-19(30)15-4-3-5-16(25-15)28-8-9-29(20(28)31)18-10-17(22-11-23-18)27-7-6-21-12-27/h3-14H,1-2H3. The van der Waals surface area contributed by atoms with Crippen molar-refractivity contribution in [3.63, 3.8) is 0 Å². The molecule has 0 aromatic carbocycles. The van der Waals surface area contributed by atoms with Gasteiger partial charge in [0.05, 0.1) is 0 Å². The van der Waals surface area contributed by atoms with Gasteiger partial charge >= 0.3 is 5.69 Å². The van der Waals surface area contributed by atoms with Crippen molar-refractivity contribution in [2.24, 2.45) is 0 Å². The molecule has 5 aromatic heterocycles. The summed E-state index contributed by atoms with van der Waals surface area (Å²) in [5, 5.41) is 8.18. The van der Waals surface area contributed by atoms with Gasteiger partial charge in [-0.3, -0.25) is 13.7 Å². The molecule has 0 fully saturated rings. The van der Waals surface area contributed by atoms with E-state index in [0.29, 0.717) is 29.0 Å². The third-order valence-electron chi connectivity index (χ3n) is 4.77. The highest BCUT2D eigenvalue weighted by atomic mass is 16.1. The van der Waals surface area contributed by atoms with Crippen LogP contribution in [0.3, 0.4) is 0 Å². The molecule has 11 nitrogen and oxygen atoms in total. The van der Waals surface area contributed by atoms with E-state index in [1.165, 1.54) is 15.5 Å². The molecule has 0 saturated heterocycles. The van der Waals surface area contributed by atoms with Crippen LogP contribution >= 0.6 is 0 Å². The monoisotopic (exact) mass is 414 g/mol. The van der Waals surface area contributed by atoms with Gasteiger partial charge in [0.1, 0.15) is 42.1 Å². The fourth-order valence-corrected chi connectivity index (χ4v) is 3.22. The molecule has 0 radical (unpaired) electrons. The van der Waals surface area contributed by atoms with E-state index in [1.54, 1.807) is 54.1 Å². The van der Waals surface area contributed by atoms with Gasteiger partial charge in [-0.1, -0.05) is 6.07 Å². The van der Waals surface area contributed by atoms with Gasteiger partial charge in [-0.15, -0.1) is 10.2 Å². The van der Waals surface area contributed by atoms with Crippen LogP contribution in [0.2, 0.25) is 0 Å². The molecular formula is C20H18N10O. The second kappa shape index (κ2) is 7.44. The molecule has 5 aromatic rings. The Balaban J connectivity index is 1.54. The summed E-state index contributed by atoms with van der Waals surface area (Å²) < 4.78 is 6.56. The van der Waals surface area contributed by atoms with Gasteiger partial charge in [-0.05, 0) is 26.0 Å². The number of rotatable bonds is 5. The number of imidazole rings is 2. The molecule has 0 unspecified atom stereocenters. The summed E-state index contributed by atoms with van der Waals surface area (Å²) in [4.78, 5) is 30.2. The molecule has 0 amide bonds. The van der Waals surface area contributed by atoms with E-state index < -0.39 is 0 Å². The van der Waals surface area contributed by atoms with Crippen LogP contribution in [-0.2, 0) is 0 Å². The van der Waals surface area contributed by atoms with Crippen LogP contribution in [0.1, 0.15) is 19.9 Å². The SMILES string of the molecule is CC(C)n1cnnc1-c1cccc(-n2ccn(-c3cc(-n4ccnc4)ncn3)c2=O)n1. The van der Waals surface area contributed by atoms with Gasteiger partial charge in [0.2, 0.25) is 0 Å². The normalized spacial score (nSPS) is 11.3. The first-order chi connectivity index (χ1) is 15.1. The number of hydrogen-bond acceptors (Lipinski definition) is 7. The summed E-state index contributed by atoms with van der Waals surface area (Å²) >= 11 is 0. The van der Waals surface area contributed by atoms with Gasteiger partial charge in [-0.25, -0.2) is 24.7 Å². The van der Waals surface area contributed by atoms with Crippen LogP contribution in [0.25, 0.3) is 29.0 Å². The Morgan fingerprint density at radius 3 is 2.52 bits per heavy atom. The Morgan fingerprint density at radius 2 is 1.74 bits per heavy atom. The zero-order valence-corrected chi connectivity index (χ0v) is 16.8. The van der Waals surface area contributed by atoms with Crippen LogP contribution < -0.4 is 5.69 Å². The minimum atomic E-state index is -0.301. The lowest BCUT2D eigenvalue weighted by atomic mass is 10.3. The molecule has 5 heterocycles. The Bertz CT molecular complexity index is 1390. The van der Waals surface area contributed by atoms with E-state index >= 15 is 0 Å². The van der Waals surface area contributed by atoms with Crippen LogP contribution in [0.5, 0.6) is 0 Å². The van der Waals surface area contributed by atoms with Crippen molar-refractivity contribution >= 4 is 0 Å². The molecule has 0 aliphatic rings. The number of aromatic nitrogens is 10. The second-order valence-electron chi connectivity index (χ2n) is 7.06. The lowest BCUT2D eigenvalue weighted by Crippen LogP contribution is -2.23. The van der Waals surface area contributed by atoms with Gasteiger partial charge in [0.15, 0.2) is 5.82 Å². The molecule has 154 valence electrons. The number of pyridine rings is 1. The Morgan fingerprint density at radius 1 is 0.935 bits per heavy atom. The van der Waals surface area contributed by atoms with Crippen molar-refractivity contribution in [2.45, 2.75) is 19.9 Å².